The van der Waals surface area contributed by atoms with Gasteiger partial charge in [-0.05, 0) is 12.0 Å². The number of unbranched alkanes of at least 4 members (excludes halogenated alkanes) is 5. The lowest BCUT2D eigenvalue weighted by molar-refractivity contribution is -0.140. The van der Waals surface area contributed by atoms with E-state index in [2.05, 4.69) is 6.92 Å². The fourth-order valence-corrected chi connectivity index (χ4v) is 2.49. The van der Waals surface area contributed by atoms with Gasteiger partial charge in [-0.3, -0.25) is 0 Å². The Morgan fingerprint density at radius 2 is 1.68 bits per heavy atom. The van der Waals surface area contributed by atoms with Gasteiger partial charge in [0.05, 0.1) is 0 Å². The summed E-state index contributed by atoms with van der Waals surface area (Å²) in [4.78, 5) is 10.2. The van der Waals surface area contributed by atoms with E-state index in [0.29, 0.717) is 12.0 Å². The summed E-state index contributed by atoms with van der Waals surface area (Å²) in [6.07, 6.45) is 7.25. The predicted octanol–water partition coefficient (Wildman–Crippen LogP) is 4.96. The number of aliphatic carboxylic acids is 1. The molecule has 0 radical (unpaired) electrons. The van der Waals surface area contributed by atoms with Crippen LogP contribution in [0.3, 0.4) is 0 Å². The van der Waals surface area contributed by atoms with E-state index in [1.807, 2.05) is 18.2 Å². The second kappa shape index (κ2) is 8.21. The molecule has 0 spiro atoms. The van der Waals surface area contributed by atoms with Crippen LogP contribution in [-0.4, -0.2) is 11.1 Å². The first-order valence-electron chi connectivity index (χ1n) is 7.09. The van der Waals surface area contributed by atoms with Gasteiger partial charge in [-0.15, -0.1) is 11.6 Å². The molecule has 2 nitrogen and oxygen atoms in total. The standard InChI is InChI=1S/C16H23ClO2/c1-2-3-4-5-6-10-13-16(17,15(18)19)14-11-8-7-9-12-14/h7-9,11-12H,2-6,10,13H2,1H3,(H,18,19). The van der Waals surface area contributed by atoms with Crippen molar-refractivity contribution >= 4 is 17.6 Å². The Morgan fingerprint density at radius 3 is 2.26 bits per heavy atom. The molecule has 1 rings (SSSR count). The normalized spacial score (nSPS) is 14.0. The van der Waals surface area contributed by atoms with E-state index in [9.17, 15) is 9.90 Å². The van der Waals surface area contributed by atoms with Crippen LogP contribution in [0.1, 0.15) is 57.4 Å². The topological polar surface area (TPSA) is 37.3 Å². The van der Waals surface area contributed by atoms with E-state index >= 15 is 0 Å². The van der Waals surface area contributed by atoms with Gasteiger partial charge in [0.2, 0.25) is 0 Å². The van der Waals surface area contributed by atoms with Crippen LogP contribution in [-0.2, 0) is 9.67 Å². The van der Waals surface area contributed by atoms with Gasteiger partial charge in [0, 0.05) is 0 Å². The Balaban J connectivity index is 2.52. The van der Waals surface area contributed by atoms with Crippen LogP contribution < -0.4 is 0 Å². The molecule has 0 aliphatic carbocycles. The van der Waals surface area contributed by atoms with Crippen LogP contribution in [0.15, 0.2) is 30.3 Å². The van der Waals surface area contributed by atoms with E-state index in [0.717, 1.165) is 19.3 Å². The predicted molar refractivity (Wildman–Crippen MR) is 79.6 cm³/mol. The lowest BCUT2D eigenvalue weighted by atomic mass is 9.92. The van der Waals surface area contributed by atoms with Gasteiger partial charge in [-0.1, -0.05) is 75.8 Å². The first kappa shape index (κ1) is 16.0. The van der Waals surface area contributed by atoms with Gasteiger partial charge < -0.3 is 5.11 Å². The van der Waals surface area contributed by atoms with Crippen LogP contribution in [0.4, 0.5) is 0 Å². The highest BCUT2D eigenvalue weighted by molar-refractivity contribution is 6.33. The Bertz CT molecular complexity index is 378. The molecule has 0 aromatic heterocycles. The molecule has 0 aliphatic heterocycles. The van der Waals surface area contributed by atoms with Gasteiger partial charge in [0.15, 0.2) is 4.87 Å². The lowest BCUT2D eigenvalue weighted by Gasteiger charge is -2.22. The van der Waals surface area contributed by atoms with Crippen molar-refractivity contribution < 1.29 is 9.90 Å². The van der Waals surface area contributed by atoms with Crippen molar-refractivity contribution in [1.82, 2.24) is 0 Å². The highest BCUT2D eigenvalue weighted by Gasteiger charge is 2.37. The summed E-state index contributed by atoms with van der Waals surface area (Å²) in [5, 5.41) is 9.39. The molecule has 0 saturated carbocycles. The van der Waals surface area contributed by atoms with Gasteiger partial charge in [0.25, 0.3) is 0 Å². The summed E-state index contributed by atoms with van der Waals surface area (Å²) >= 11 is 6.34. The smallest absolute Gasteiger partial charge is 0.329 e. The minimum Gasteiger partial charge on any atom is -0.480 e. The highest BCUT2D eigenvalue weighted by atomic mass is 35.5. The number of hydrogen-bond acceptors (Lipinski definition) is 1. The fraction of sp³-hybridized carbons (Fsp3) is 0.562. The summed E-state index contributed by atoms with van der Waals surface area (Å²) < 4.78 is 0. The first-order valence-corrected chi connectivity index (χ1v) is 7.47. The average molecular weight is 283 g/mol. The van der Waals surface area contributed by atoms with E-state index in [4.69, 9.17) is 11.6 Å². The summed E-state index contributed by atoms with van der Waals surface area (Å²) in [5.41, 5.74) is 0.678. The van der Waals surface area contributed by atoms with Crippen molar-refractivity contribution in [3.63, 3.8) is 0 Å². The summed E-state index contributed by atoms with van der Waals surface area (Å²) in [7, 11) is 0. The van der Waals surface area contributed by atoms with Crippen molar-refractivity contribution in [2.45, 2.75) is 56.7 Å². The Hall–Kier alpha value is -1.02. The van der Waals surface area contributed by atoms with Crippen molar-refractivity contribution in [2.75, 3.05) is 0 Å². The first-order chi connectivity index (χ1) is 9.11. The fourth-order valence-electron chi connectivity index (χ4n) is 2.23. The van der Waals surface area contributed by atoms with Crippen molar-refractivity contribution in [3.05, 3.63) is 35.9 Å². The molecule has 0 heterocycles. The largest absolute Gasteiger partial charge is 0.480 e. The zero-order valence-electron chi connectivity index (χ0n) is 11.6. The SMILES string of the molecule is CCCCCCCCC(Cl)(C(=O)O)c1ccccc1. The molecule has 3 heteroatoms. The zero-order chi connectivity index (χ0) is 14.1. The maximum absolute atomic E-state index is 11.5. The molecule has 0 saturated heterocycles. The molecule has 0 aliphatic rings. The molecule has 1 aromatic rings. The molecular weight excluding hydrogens is 260 g/mol. The molecule has 0 amide bonds. The molecule has 0 fully saturated rings. The number of halogens is 1. The van der Waals surface area contributed by atoms with Crippen molar-refractivity contribution in [3.8, 4) is 0 Å². The Labute approximate surface area is 120 Å². The number of carboxylic acids is 1. The minimum absolute atomic E-state index is 0.486. The molecule has 1 aromatic carbocycles. The van der Waals surface area contributed by atoms with Crippen LogP contribution in [0.25, 0.3) is 0 Å². The Morgan fingerprint density at radius 1 is 1.11 bits per heavy atom. The zero-order valence-corrected chi connectivity index (χ0v) is 12.3. The lowest BCUT2D eigenvalue weighted by Crippen LogP contribution is -2.29. The summed E-state index contributed by atoms with van der Waals surface area (Å²) in [5.74, 6) is -0.950. The maximum Gasteiger partial charge on any atom is 0.329 e. The summed E-state index contributed by atoms with van der Waals surface area (Å²) in [6.45, 7) is 2.18. The van der Waals surface area contributed by atoms with Crippen LogP contribution in [0.2, 0.25) is 0 Å². The van der Waals surface area contributed by atoms with Crippen molar-refractivity contribution in [2.24, 2.45) is 0 Å². The van der Waals surface area contributed by atoms with Gasteiger partial charge >= 0.3 is 5.97 Å². The molecule has 1 unspecified atom stereocenters. The summed E-state index contributed by atoms with van der Waals surface area (Å²) in [6, 6.07) is 9.11. The minimum atomic E-state index is -1.27. The third-order valence-corrected chi connectivity index (χ3v) is 4.01. The van der Waals surface area contributed by atoms with E-state index in [1.54, 1.807) is 12.1 Å². The van der Waals surface area contributed by atoms with Crippen molar-refractivity contribution in [1.29, 1.82) is 0 Å². The van der Waals surface area contributed by atoms with Crippen LogP contribution in [0, 0.1) is 0 Å². The van der Waals surface area contributed by atoms with Crippen LogP contribution >= 0.6 is 11.6 Å². The number of benzene rings is 1. The third kappa shape index (κ3) is 4.87. The molecule has 19 heavy (non-hydrogen) atoms. The molecule has 106 valence electrons. The quantitative estimate of drug-likeness (QED) is 0.514. The second-order valence-corrected chi connectivity index (χ2v) is 5.64. The Kier molecular flexibility index (Phi) is 6.93. The second-order valence-electron chi connectivity index (χ2n) is 4.99. The number of alkyl halides is 1. The number of rotatable bonds is 9. The van der Waals surface area contributed by atoms with E-state index in [1.165, 1.54) is 19.3 Å². The number of carboxylic acid groups (broad SMARTS) is 1. The maximum atomic E-state index is 11.5. The average Bonchev–Trinajstić information content (AvgIpc) is 2.43. The van der Waals surface area contributed by atoms with Gasteiger partial charge in [0.1, 0.15) is 0 Å². The number of hydrogen-bond donors (Lipinski definition) is 1. The monoisotopic (exact) mass is 282 g/mol. The van der Waals surface area contributed by atoms with E-state index in [-0.39, 0.29) is 0 Å². The van der Waals surface area contributed by atoms with E-state index < -0.39 is 10.8 Å². The van der Waals surface area contributed by atoms with Gasteiger partial charge in [-0.2, -0.15) is 0 Å². The molecule has 0 bridgehead atoms. The molecule has 1 atom stereocenters. The third-order valence-electron chi connectivity index (χ3n) is 3.45. The molecular formula is C16H23ClO2. The highest BCUT2D eigenvalue weighted by Crippen LogP contribution is 2.35. The number of carbonyl (C=O) groups is 1. The molecule has 1 N–H and O–H groups in total. The van der Waals surface area contributed by atoms with Gasteiger partial charge in [-0.25, -0.2) is 4.79 Å². The van der Waals surface area contributed by atoms with Crippen LogP contribution in [0.5, 0.6) is 0 Å².